The van der Waals surface area contributed by atoms with Crippen molar-refractivity contribution in [2.45, 2.75) is 26.9 Å². The molecule has 5 heteroatoms. The van der Waals surface area contributed by atoms with Crippen LogP contribution in [0.25, 0.3) is 5.82 Å². The van der Waals surface area contributed by atoms with E-state index in [0.29, 0.717) is 23.9 Å². The molecule has 0 saturated carbocycles. The van der Waals surface area contributed by atoms with Crippen LogP contribution in [0.5, 0.6) is 5.88 Å². The second-order valence-electron chi connectivity index (χ2n) is 5.51. The third kappa shape index (κ3) is 3.28. The van der Waals surface area contributed by atoms with Crippen LogP contribution in [0.4, 0.5) is 0 Å². The summed E-state index contributed by atoms with van der Waals surface area (Å²) in [6.07, 6.45) is 4.21. The van der Waals surface area contributed by atoms with Gasteiger partial charge in [-0.1, -0.05) is 30.7 Å². The number of hydrogen-bond donors (Lipinski definition) is 0. The van der Waals surface area contributed by atoms with Gasteiger partial charge in [0.25, 0.3) is 0 Å². The lowest BCUT2D eigenvalue weighted by Crippen LogP contribution is -2.06. The summed E-state index contributed by atoms with van der Waals surface area (Å²) in [5, 5.41) is 13.3. The largest absolute Gasteiger partial charge is 0.473 e. The van der Waals surface area contributed by atoms with Gasteiger partial charge in [0.2, 0.25) is 5.88 Å². The first-order chi connectivity index (χ1) is 11.7. The molecule has 0 saturated heterocycles. The molecule has 0 unspecified atom stereocenters. The zero-order valence-electron chi connectivity index (χ0n) is 13.7. The summed E-state index contributed by atoms with van der Waals surface area (Å²) in [7, 11) is 0. The van der Waals surface area contributed by atoms with Gasteiger partial charge in [-0.25, -0.2) is 4.98 Å². The Balaban J connectivity index is 1.83. The first-order valence-corrected chi connectivity index (χ1v) is 7.83. The number of nitriles is 1. The fourth-order valence-corrected chi connectivity index (χ4v) is 2.55. The third-order valence-electron chi connectivity index (χ3n) is 3.82. The van der Waals surface area contributed by atoms with E-state index in [1.807, 2.05) is 0 Å². The SMILES string of the molecule is CCc1cc(C)ccc1COc1ccnn1-c1cc(C#N)ccn1. The molecule has 0 atom stereocenters. The predicted octanol–water partition coefficient (Wildman–Crippen LogP) is 3.59. The second kappa shape index (κ2) is 6.97. The van der Waals surface area contributed by atoms with E-state index in [9.17, 15) is 0 Å². The third-order valence-corrected chi connectivity index (χ3v) is 3.82. The lowest BCUT2D eigenvalue weighted by molar-refractivity contribution is 0.283. The molecule has 0 aliphatic rings. The Bertz CT molecular complexity index is 892. The van der Waals surface area contributed by atoms with E-state index in [1.54, 1.807) is 35.3 Å². The molecule has 0 bridgehead atoms. The van der Waals surface area contributed by atoms with E-state index in [-0.39, 0.29) is 0 Å². The van der Waals surface area contributed by atoms with Crippen LogP contribution in [0, 0.1) is 18.3 Å². The Kier molecular flexibility index (Phi) is 4.57. The minimum absolute atomic E-state index is 0.465. The van der Waals surface area contributed by atoms with Crippen LogP contribution in [0.1, 0.15) is 29.2 Å². The molecule has 3 aromatic rings. The minimum atomic E-state index is 0.465. The van der Waals surface area contributed by atoms with Crippen LogP contribution < -0.4 is 4.74 Å². The van der Waals surface area contributed by atoms with Gasteiger partial charge in [-0.2, -0.15) is 15.0 Å². The molecule has 24 heavy (non-hydrogen) atoms. The molecule has 2 heterocycles. The van der Waals surface area contributed by atoms with E-state index >= 15 is 0 Å². The Morgan fingerprint density at radius 3 is 2.79 bits per heavy atom. The lowest BCUT2D eigenvalue weighted by Gasteiger charge is -2.12. The molecule has 0 amide bonds. The Hall–Kier alpha value is -3.13. The molecule has 0 aliphatic carbocycles. The maximum atomic E-state index is 9.02. The van der Waals surface area contributed by atoms with Crippen LogP contribution >= 0.6 is 0 Å². The van der Waals surface area contributed by atoms with Gasteiger partial charge in [0.05, 0.1) is 17.8 Å². The average molecular weight is 318 g/mol. The number of aryl methyl sites for hydroxylation is 2. The summed E-state index contributed by atoms with van der Waals surface area (Å²) in [5.74, 6) is 1.16. The highest BCUT2D eigenvalue weighted by Crippen LogP contribution is 2.19. The molecule has 0 fully saturated rings. The summed E-state index contributed by atoms with van der Waals surface area (Å²) in [4.78, 5) is 4.26. The first kappa shape index (κ1) is 15.8. The normalized spacial score (nSPS) is 10.4. The highest BCUT2D eigenvalue weighted by molar-refractivity contribution is 5.37. The van der Waals surface area contributed by atoms with E-state index in [1.165, 1.54) is 11.1 Å². The van der Waals surface area contributed by atoms with Gasteiger partial charge in [0.15, 0.2) is 5.82 Å². The number of hydrogen-bond acceptors (Lipinski definition) is 4. The smallest absolute Gasteiger partial charge is 0.218 e. The summed E-state index contributed by atoms with van der Waals surface area (Å²) in [6.45, 7) is 4.69. The molecule has 0 radical (unpaired) electrons. The van der Waals surface area contributed by atoms with Crippen molar-refractivity contribution >= 4 is 0 Å². The highest BCUT2D eigenvalue weighted by atomic mass is 16.5. The average Bonchev–Trinajstić information content (AvgIpc) is 3.09. The van der Waals surface area contributed by atoms with Gasteiger partial charge in [0, 0.05) is 18.3 Å². The topological polar surface area (TPSA) is 63.7 Å². The molecule has 120 valence electrons. The summed E-state index contributed by atoms with van der Waals surface area (Å²) >= 11 is 0. The molecular formula is C19H18N4O. The number of aromatic nitrogens is 3. The van der Waals surface area contributed by atoms with Crippen molar-refractivity contribution < 1.29 is 4.74 Å². The highest BCUT2D eigenvalue weighted by Gasteiger charge is 2.09. The molecule has 3 rings (SSSR count). The van der Waals surface area contributed by atoms with Gasteiger partial charge < -0.3 is 4.74 Å². The molecule has 0 aliphatic heterocycles. The zero-order chi connectivity index (χ0) is 16.9. The van der Waals surface area contributed by atoms with Crippen molar-refractivity contribution in [2.75, 3.05) is 0 Å². The molecule has 0 spiro atoms. The Morgan fingerprint density at radius 2 is 2.00 bits per heavy atom. The van der Waals surface area contributed by atoms with E-state index in [0.717, 1.165) is 12.0 Å². The van der Waals surface area contributed by atoms with Crippen molar-refractivity contribution in [1.82, 2.24) is 14.8 Å². The van der Waals surface area contributed by atoms with E-state index in [2.05, 4.69) is 48.2 Å². The van der Waals surface area contributed by atoms with Gasteiger partial charge in [0.1, 0.15) is 6.61 Å². The molecule has 2 aromatic heterocycles. The van der Waals surface area contributed by atoms with Crippen molar-refractivity contribution in [1.29, 1.82) is 5.26 Å². The Labute approximate surface area is 141 Å². The number of nitrogens with zero attached hydrogens (tertiary/aromatic N) is 4. The molecule has 5 nitrogen and oxygen atoms in total. The second-order valence-corrected chi connectivity index (χ2v) is 5.51. The quantitative estimate of drug-likeness (QED) is 0.721. The Morgan fingerprint density at radius 1 is 1.12 bits per heavy atom. The maximum absolute atomic E-state index is 9.02. The van der Waals surface area contributed by atoms with Crippen molar-refractivity contribution in [2.24, 2.45) is 0 Å². The summed E-state index contributed by atoms with van der Waals surface area (Å²) < 4.78 is 7.55. The minimum Gasteiger partial charge on any atom is -0.473 e. The zero-order valence-corrected chi connectivity index (χ0v) is 13.7. The fraction of sp³-hybridized carbons (Fsp3) is 0.211. The van der Waals surface area contributed by atoms with Crippen LogP contribution in [-0.2, 0) is 13.0 Å². The van der Waals surface area contributed by atoms with Crippen LogP contribution in [0.3, 0.4) is 0 Å². The molecular weight excluding hydrogens is 300 g/mol. The lowest BCUT2D eigenvalue weighted by atomic mass is 10.0. The molecule has 0 N–H and O–H groups in total. The van der Waals surface area contributed by atoms with Crippen LogP contribution in [0.2, 0.25) is 0 Å². The summed E-state index contributed by atoms with van der Waals surface area (Å²) in [5.41, 5.74) is 4.23. The standard InChI is InChI=1S/C19H18N4O/c1-3-16-10-14(2)4-5-17(16)13-24-19-7-9-22-23(19)18-11-15(12-20)6-8-21-18/h4-11H,3,13H2,1-2H3. The number of benzene rings is 1. The fourth-order valence-electron chi connectivity index (χ4n) is 2.55. The maximum Gasteiger partial charge on any atom is 0.218 e. The van der Waals surface area contributed by atoms with Gasteiger partial charge in [-0.3, -0.25) is 0 Å². The monoisotopic (exact) mass is 318 g/mol. The van der Waals surface area contributed by atoms with Crippen LogP contribution in [-0.4, -0.2) is 14.8 Å². The van der Waals surface area contributed by atoms with E-state index < -0.39 is 0 Å². The predicted molar refractivity (Wildman–Crippen MR) is 91.0 cm³/mol. The first-order valence-electron chi connectivity index (χ1n) is 7.83. The van der Waals surface area contributed by atoms with Gasteiger partial charge in [-0.15, -0.1) is 0 Å². The summed E-state index contributed by atoms with van der Waals surface area (Å²) in [6, 6.07) is 13.6. The van der Waals surface area contributed by atoms with Crippen molar-refractivity contribution in [3.8, 4) is 17.8 Å². The van der Waals surface area contributed by atoms with Gasteiger partial charge in [-0.05, 0) is 30.5 Å². The van der Waals surface area contributed by atoms with Crippen molar-refractivity contribution in [3.63, 3.8) is 0 Å². The number of ether oxygens (including phenoxy) is 1. The molecule has 1 aromatic carbocycles. The van der Waals surface area contributed by atoms with Crippen LogP contribution in [0.15, 0.2) is 48.8 Å². The number of rotatable bonds is 5. The van der Waals surface area contributed by atoms with E-state index in [4.69, 9.17) is 10.00 Å². The number of pyridine rings is 1. The van der Waals surface area contributed by atoms with Gasteiger partial charge >= 0.3 is 0 Å². The van der Waals surface area contributed by atoms with Crippen molar-refractivity contribution in [3.05, 3.63) is 71.0 Å².